The lowest BCUT2D eigenvalue weighted by Crippen LogP contribution is -2.37. The Morgan fingerprint density at radius 3 is 2.50 bits per heavy atom. The minimum absolute atomic E-state index is 0.0145. The number of nitrogens with zero attached hydrogens (tertiary/aromatic N) is 2. The van der Waals surface area contributed by atoms with E-state index in [1.807, 2.05) is 40.7 Å². The molecule has 0 aliphatic carbocycles. The van der Waals surface area contributed by atoms with Gasteiger partial charge >= 0.3 is 6.09 Å². The van der Waals surface area contributed by atoms with Gasteiger partial charge in [-0.1, -0.05) is 49.3 Å². The first-order valence-corrected chi connectivity index (χ1v) is 14.5. The van der Waals surface area contributed by atoms with Crippen molar-refractivity contribution in [2.75, 3.05) is 25.3 Å². The predicted octanol–water partition coefficient (Wildman–Crippen LogP) is 5.59. The molecule has 2 rings (SSSR count). The molecule has 0 unspecified atom stereocenters. The van der Waals surface area contributed by atoms with Crippen LogP contribution in [0.4, 0.5) is 4.79 Å². The van der Waals surface area contributed by atoms with Gasteiger partial charge in [-0.05, 0) is 55.3 Å². The summed E-state index contributed by atoms with van der Waals surface area (Å²) in [5, 5.41) is 7.07. The van der Waals surface area contributed by atoms with E-state index in [9.17, 15) is 4.79 Å². The molecule has 1 aliphatic heterocycles. The Labute approximate surface area is 193 Å². The summed E-state index contributed by atoms with van der Waals surface area (Å²) in [5.74, 6) is 0.261. The van der Waals surface area contributed by atoms with E-state index in [4.69, 9.17) is 25.7 Å². The topological polar surface area (TPSA) is 72.4 Å². The van der Waals surface area contributed by atoms with Crippen LogP contribution >= 0.6 is 30.4 Å². The summed E-state index contributed by atoms with van der Waals surface area (Å²) >= 11 is 8.63. The molecule has 0 atom stereocenters. The number of amides is 1. The van der Waals surface area contributed by atoms with Crippen LogP contribution in [0.2, 0.25) is 0 Å². The second-order valence-corrected chi connectivity index (χ2v) is 12.4. The van der Waals surface area contributed by atoms with E-state index in [-0.39, 0.29) is 11.3 Å². The fourth-order valence-corrected chi connectivity index (χ4v) is 6.75. The van der Waals surface area contributed by atoms with Crippen molar-refractivity contribution in [1.29, 1.82) is 0 Å². The van der Waals surface area contributed by atoms with Crippen molar-refractivity contribution in [3.8, 4) is 0 Å². The Bertz CT molecular complexity index is 749. The molecule has 0 spiro atoms. The Morgan fingerprint density at radius 1 is 1.30 bits per heavy atom. The third kappa shape index (κ3) is 7.51. The van der Waals surface area contributed by atoms with E-state index in [1.165, 1.54) is 23.7 Å². The number of oxime groups is 1. The minimum atomic E-state index is -2.68. The van der Waals surface area contributed by atoms with Crippen LogP contribution < -0.4 is 5.32 Å². The highest BCUT2D eigenvalue weighted by Crippen LogP contribution is 2.61. The molecule has 0 radical (unpaired) electrons. The molecule has 1 aromatic carbocycles. The normalized spacial score (nSPS) is 18.2. The van der Waals surface area contributed by atoms with Crippen LogP contribution in [-0.2, 0) is 32.2 Å². The maximum atomic E-state index is 11.9. The molecule has 1 fully saturated rings. The Morgan fingerprint density at radius 2 is 1.93 bits per heavy atom. The summed E-state index contributed by atoms with van der Waals surface area (Å²) in [7, 11) is 0. The van der Waals surface area contributed by atoms with Gasteiger partial charge in [-0.25, -0.2) is 4.79 Å². The number of rotatable bonds is 9. The third-order valence-electron chi connectivity index (χ3n) is 4.98. The summed E-state index contributed by atoms with van der Waals surface area (Å²) in [5.41, 5.74) is 1.10. The van der Waals surface area contributed by atoms with Gasteiger partial charge in [0, 0.05) is 12.0 Å². The van der Waals surface area contributed by atoms with Gasteiger partial charge in [-0.2, -0.15) is 4.08 Å². The van der Waals surface area contributed by atoms with Crippen LogP contribution in [-0.4, -0.2) is 40.6 Å². The highest BCUT2D eigenvalue weighted by Gasteiger charge is 2.41. The monoisotopic (exact) mass is 491 g/mol. The number of hydrogen-bond donors (Lipinski definition) is 1. The molecule has 30 heavy (non-hydrogen) atoms. The molecule has 0 aromatic heterocycles. The van der Waals surface area contributed by atoms with Gasteiger partial charge in [0.15, 0.2) is 0 Å². The van der Waals surface area contributed by atoms with Crippen LogP contribution in [0.5, 0.6) is 0 Å². The van der Waals surface area contributed by atoms with Crippen molar-refractivity contribution in [2.24, 2.45) is 10.6 Å². The molecule has 1 aromatic rings. The lowest BCUT2D eigenvalue weighted by atomic mass is 9.84. The number of hydrogen-bond acceptors (Lipinski definition) is 8. The Kier molecular flexibility index (Phi) is 10.6. The standard InChI is InChI=1S/C19H30N3O4PS3/c1-5-19(6-2)13-24-27(28,25-14-19)22(12-17-10-8-7-9-11-17)30-15-20-18(23)26-21-16(3)29-4/h7-11H,5-6,12-15H2,1-4H3,(H,20,23)/b21-16+. The Hall–Kier alpha value is -0.610. The zero-order valence-electron chi connectivity index (χ0n) is 17.8. The van der Waals surface area contributed by atoms with Gasteiger partial charge in [-0.15, -0.1) is 11.8 Å². The van der Waals surface area contributed by atoms with Gasteiger partial charge in [0.2, 0.25) is 0 Å². The molecule has 1 N–H and O–H groups in total. The van der Waals surface area contributed by atoms with Gasteiger partial charge in [-0.3, -0.25) is 4.84 Å². The van der Waals surface area contributed by atoms with Crippen molar-refractivity contribution in [3.05, 3.63) is 35.9 Å². The lowest BCUT2D eigenvalue weighted by molar-refractivity contribution is 0.0187. The predicted molar refractivity (Wildman–Crippen MR) is 130 cm³/mol. The summed E-state index contributed by atoms with van der Waals surface area (Å²) in [6.45, 7) is 5.10. The molecular weight excluding hydrogens is 461 g/mol. The lowest BCUT2D eigenvalue weighted by Gasteiger charge is -2.43. The summed E-state index contributed by atoms with van der Waals surface area (Å²) in [6, 6.07) is 10.00. The highest BCUT2D eigenvalue weighted by molar-refractivity contribution is 8.15. The SMILES string of the molecule is CCC1(CC)COP(=S)(N(Cc2ccccc2)SCNC(=O)O/N=C(\C)SC)OC1. The van der Waals surface area contributed by atoms with E-state index in [1.54, 1.807) is 6.92 Å². The average molecular weight is 492 g/mol. The number of carbonyl (C=O) groups excluding carboxylic acids is 1. The smallest absolute Gasteiger partial charge is 0.317 e. The van der Waals surface area contributed by atoms with Gasteiger partial charge < -0.3 is 14.4 Å². The van der Waals surface area contributed by atoms with E-state index in [0.29, 0.717) is 24.8 Å². The van der Waals surface area contributed by atoms with Crippen molar-refractivity contribution in [2.45, 2.75) is 40.2 Å². The zero-order chi connectivity index (χ0) is 22.0. The zero-order valence-corrected chi connectivity index (χ0v) is 21.2. The molecule has 0 bridgehead atoms. The van der Waals surface area contributed by atoms with Crippen molar-refractivity contribution in [1.82, 2.24) is 9.39 Å². The largest absolute Gasteiger partial charge is 0.434 e. The fraction of sp³-hybridized carbons (Fsp3) is 0.579. The van der Waals surface area contributed by atoms with Crippen LogP contribution in [0.15, 0.2) is 35.5 Å². The van der Waals surface area contributed by atoms with Gasteiger partial charge in [0.25, 0.3) is 6.64 Å². The molecule has 0 saturated carbocycles. The fourth-order valence-electron chi connectivity index (χ4n) is 2.59. The van der Waals surface area contributed by atoms with E-state index in [2.05, 4.69) is 24.3 Å². The quantitative estimate of drug-likeness (QED) is 0.0911. The van der Waals surface area contributed by atoms with E-state index >= 15 is 0 Å². The molecule has 1 amide bonds. The highest BCUT2D eigenvalue weighted by atomic mass is 32.5. The van der Waals surface area contributed by atoms with E-state index in [0.717, 1.165) is 18.4 Å². The van der Waals surface area contributed by atoms with Crippen LogP contribution in [0.3, 0.4) is 0 Å². The number of nitrogens with one attached hydrogen (secondary N) is 1. The van der Waals surface area contributed by atoms with Crippen molar-refractivity contribution in [3.63, 3.8) is 0 Å². The second-order valence-electron chi connectivity index (χ2n) is 6.86. The summed E-state index contributed by atoms with van der Waals surface area (Å²) < 4.78 is 14.3. The number of carbonyl (C=O) groups is 1. The number of benzene rings is 1. The van der Waals surface area contributed by atoms with Gasteiger partial charge in [0.1, 0.15) is 5.04 Å². The van der Waals surface area contributed by atoms with Crippen LogP contribution in [0.1, 0.15) is 39.2 Å². The van der Waals surface area contributed by atoms with Gasteiger partial charge in [0.05, 0.1) is 19.1 Å². The number of thioether (sulfide) groups is 1. The maximum absolute atomic E-state index is 11.9. The van der Waals surface area contributed by atoms with Crippen molar-refractivity contribution >= 4 is 53.3 Å². The Balaban J connectivity index is 2.02. The minimum Gasteiger partial charge on any atom is -0.317 e. The first-order chi connectivity index (χ1) is 14.4. The first-order valence-electron chi connectivity index (χ1n) is 9.74. The average Bonchev–Trinajstić information content (AvgIpc) is 2.78. The maximum Gasteiger partial charge on any atom is 0.434 e. The summed E-state index contributed by atoms with van der Waals surface area (Å²) in [4.78, 5) is 16.7. The summed E-state index contributed by atoms with van der Waals surface area (Å²) in [6.07, 6.45) is 3.20. The second kappa shape index (κ2) is 12.4. The third-order valence-corrected chi connectivity index (χ3v) is 10.5. The molecule has 1 aliphatic rings. The molecule has 11 heteroatoms. The van der Waals surface area contributed by atoms with Crippen LogP contribution in [0, 0.1) is 5.41 Å². The molecule has 1 heterocycles. The molecule has 168 valence electrons. The first kappa shape index (κ1) is 25.6. The van der Waals surface area contributed by atoms with Crippen molar-refractivity contribution < 1.29 is 18.7 Å². The molecule has 7 nitrogen and oxygen atoms in total. The molecular formula is C19H30N3O4PS3. The van der Waals surface area contributed by atoms with Crippen LogP contribution in [0.25, 0.3) is 0 Å². The molecule has 1 saturated heterocycles. The van der Waals surface area contributed by atoms with E-state index < -0.39 is 12.7 Å².